The lowest BCUT2D eigenvalue weighted by Gasteiger charge is -2.10. The fourth-order valence-corrected chi connectivity index (χ4v) is 2.93. The van der Waals surface area contributed by atoms with Crippen LogP contribution in [0.25, 0.3) is 0 Å². The first-order valence-corrected chi connectivity index (χ1v) is 8.86. The number of anilines is 4. The Bertz CT molecular complexity index is 916. The Labute approximate surface area is 156 Å². The Hall–Kier alpha value is -2.90. The number of rotatable bonds is 7. The molecule has 1 heterocycles. The van der Waals surface area contributed by atoms with Crippen molar-refractivity contribution in [1.29, 1.82) is 0 Å². The van der Waals surface area contributed by atoms with Gasteiger partial charge in [0.1, 0.15) is 18.0 Å². The first-order valence-electron chi connectivity index (χ1n) is 8.05. The molecule has 3 rings (SSSR count). The molecule has 3 aromatic rings. The van der Waals surface area contributed by atoms with Crippen LogP contribution in [0.2, 0.25) is 0 Å². The second-order valence-corrected chi connectivity index (χ2v) is 6.59. The van der Waals surface area contributed by atoms with Gasteiger partial charge in [-0.25, -0.2) is 9.97 Å². The topological polar surface area (TPSA) is 78.9 Å². The van der Waals surface area contributed by atoms with Gasteiger partial charge in [0, 0.05) is 27.9 Å². The van der Waals surface area contributed by atoms with Crippen molar-refractivity contribution in [1.82, 2.24) is 14.7 Å². The van der Waals surface area contributed by atoms with Crippen LogP contribution in [0.3, 0.4) is 0 Å². The van der Waals surface area contributed by atoms with Gasteiger partial charge >= 0.3 is 0 Å². The van der Waals surface area contributed by atoms with Crippen LogP contribution in [0.1, 0.15) is 17.3 Å². The Morgan fingerprint density at radius 2 is 1.58 bits per heavy atom. The molecule has 0 bridgehead atoms. The molecule has 0 aliphatic carbocycles. The van der Waals surface area contributed by atoms with Crippen molar-refractivity contribution >= 4 is 40.7 Å². The lowest BCUT2D eigenvalue weighted by atomic mass is 10.1. The number of hydrogen-bond acceptors (Lipinski definition) is 7. The monoisotopic (exact) mass is 365 g/mol. The summed E-state index contributed by atoms with van der Waals surface area (Å²) in [4.78, 5) is 21.1. The molecule has 7 heteroatoms. The van der Waals surface area contributed by atoms with Gasteiger partial charge in [-0.3, -0.25) is 9.52 Å². The Morgan fingerprint density at radius 3 is 2.23 bits per heavy atom. The predicted octanol–water partition coefficient (Wildman–Crippen LogP) is 4.39. The highest BCUT2D eigenvalue weighted by Gasteiger charge is 2.04. The number of nitrogens with one attached hydrogen (secondary N) is 3. The minimum atomic E-state index is 0.0259. The number of benzene rings is 2. The smallest absolute Gasteiger partial charge is 0.159 e. The van der Waals surface area contributed by atoms with Crippen LogP contribution in [-0.2, 0) is 0 Å². The van der Waals surface area contributed by atoms with Gasteiger partial charge in [-0.2, -0.15) is 0 Å². The number of ketones is 1. The third kappa shape index (κ3) is 4.81. The average molecular weight is 365 g/mol. The van der Waals surface area contributed by atoms with E-state index in [1.54, 1.807) is 31.0 Å². The van der Waals surface area contributed by atoms with Crippen LogP contribution in [0.5, 0.6) is 0 Å². The number of nitrogens with zero attached hydrogens (tertiary/aromatic N) is 2. The predicted molar refractivity (Wildman–Crippen MR) is 106 cm³/mol. The van der Waals surface area contributed by atoms with Gasteiger partial charge in [-0.15, -0.1) is 0 Å². The lowest BCUT2D eigenvalue weighted by Crippen LogP contribution is -2.00. The molecule has 0 radical (unpaired) electrons. The van der Waals surface area contributed by atoms with Crippen LogP contribution in [-0.4, -0.2) is 22.8 Å². The summed E-state index contributed by atoms with van der Waals surface area (Å²) in [5.74, 6) is 1.35. The van der Waals surface area contributed by atoms with Gasteiger partial charge in [0.25, 0.3) is 0 Å². The molecule has 26 heavy (non-hydrogen) atoms. The molecule has 0 saturated heterocycles. The van der Waals surface area contributed by atoms with Gasteiger partial charge in [-0.05, 0) is 56.3 Å². The van der Waals surface area contributed by atoms with E-state index in [0.29, 0.717) is 17.2 Å². The van der Waals surface area contributed by atoms with Gasteiger partial charge in [0.2, 0.25) is 0 Å². The number of Topliss-reactive ketones (excluding diaryl/α,β-unsaturated/α-hetero) is 1. The zero-order chi connectivity index (χ0) is 18.4. The Kier molecular flexibility index (Phi) is 5.83. The Morgan fingerprint density at radius 1 is 0.923 bits per heavy atom. The van der Waals surface area contributed by atoms with Crippen LogP contribution in [0.15, 0.2) is 65.8 Å². The van der Waals surface area contributed by atoms with E-state index in [2.05, 4.69) is 25.3 Å². The molecule has 0 amide bonds. The maximum absolute atomic E-state index is 11.5. The van der Waals surface area contributed by atoms with Gasteiger partial charge in [0.15, 0.2) is 5.78 Å². The summed E-state index contributed by atoms with van der Waals surface area (Å²) < 4.78 is 3.05. The first kappa shape index (κ1) is 17.9. The van der Waals surface area contributed by atoms with Crippen molar-refractivity contribution in [3.05, 3.63) is 66.5 Å². The van der Waals surface area contributed by atoms with Gasteiger partial charge in [0.05, 0.1) is 0 Å². The molecule has 1 aromatic heterocycles. The molecule has 0 saturated carbocycles. The van der Waals surface area contributed by atoms with E-state index in [4.69, 9.17) is 0 Å². The molecule has 6 nitrogen and oxygen atoms in total. The van der Waals surface area contributed by atoms with Crippen LogP contribution in [0.4, 0.5) is 23.0 Å². The van der Waals surface area contributed by atoms with E-state index in [1.165, 1.54) is 6.33 Å². The zero-order valence-corrected chi connectivity index (χ0v) is 15.3. The van der Waals surface area contributed by atoms with E-state index in [9.17, 15) is 4.79 Å². The number of carbonyl (C=O) groups is 1. The quantitative estimate of drug-likeness (QED) is 0.423. The van der Waals surface area contributed by atoms with Crippen molar-refractivity contribution < 1.29 is 4.79 Å². The highest BCUT2D eigenvalue weighted by Crippen LogP contribution is 2.23. The average Bonchev–Trinajstić information content (AvgIpc) is 2.63. The SMILES string of the molecule is CNSc1cccc(Nc2cc(Nc3cccc(C(C)=O)c3)ncn2)c1. The van der Waals surface area contributed by atoms with Crippen LogP contribution >= 0.6 is 11.9 Å². The molecule has 132 valence electrons. The molecule has 0 fully saturated rings. The number of hydrogen-bond donors (Lipinski definition) is 3. The minimum Gasteiger partial charge on any atom is -0.340 e. The molecule has 0 aliphatic rings. The van der Waals surface area contributed by atoms with E-state index in [0.717, 1.165) is 16.3 Å². The molecule has 0 aliphatic heterocycles. The third-order valence-electron chi connectivity index (χ3n) is 3.53. The maximum atomic E-state index is 11.5. The molecular weight excluding hydrogens is 346 g/mol. The van der Waals surface area contributed by atoms with Crippen molar-refractivity contribution in [2.75, 3.05) is 17.7 Å². The summed E-state index contributed by atoms with van der Waals surface area (Å²) in [6.07, 6.45) is 1.49. The summed E-state index contributed by atoms with van der Waals surface area (Å²) in [5, 5.41) is 6.47. The van der Waals surface area contributed by atoms with E-state index in [1.807, 2.05) is 49.5 Å². The van der Waals surface area contributed by atoms with Crippen molar-refractivity contribution in [3.8, 4) is 0 Å². The lowest BCUT2D eigenvalue weighted by molar-refractivity contribution is 0.101. The summed E-state index contributed by atoms with van der Waals surface area (Å²) >= 11 is 1.55. The van der Waals surface area contributed by atoms with Gasteiger partial charge in [-0.1, -0.05) is 18.2 Å². The standard InChI is InChI=1S/C19H19N5OS/c1-13(25)14-5-3-6-15(9-14)23-18-11-19(22-12-21-18)24-16-7-4-8-17(10-16)26-20-2/h3-12,20H,1-2H3,(H2,21,22,23,24). The van der Waals surface area contributed by atoms with Crippen LogP contribution < -0.4 is 15.4 Å². The Balaban J connectivity index is 1.75. The minimum absolute atomic E-state index is 0.0259. The van der Waals surface area contributed by atoms with Crippen molar-refractivity contribution in [2.45, 2.75) is 11.8 Å². The van der Waals surface area contributed by atoms with E-state index >= 15 is 0 Å². The van der Waals surface area contributed by atoms with Crippen molar-refractivity contribution in [2.24, 2.45) is 0 Å². The highest BCUT2D eigenvalue weighted by atomic mass is 32.2. The zero-order valence-electron chi connectivity index (χ0n) is 14.5. The molecule has 0 spiro atoms. The largest absolute Gasteiger partial charge is 0.340 e. The highest BCUT2D eigenvalue weighted by molar-refractivity contribution is 7.97. The number of carbonyl (C=O) groups excluding carboxylic acids is 1. The fraction of sp³-hybridized carbons (Fsp3) is 0.105. The second kappa shape index (κ2) is 8.46. The normalized spacial score (nSPS) is 10.4. The molecule has 0 unspecified atom stereocenters. The molecule has 2 aromatic carbocycles. The van der Waals surface area contributed by atoms with E-state index < -0.39 is 0 Å². The first-order chi connectivity index (χ1) is 12.6. The second-order valence-electron chi connectivity index (χ2n) is 5.51. The molecular formula is C19H19N5OS. The summed E-state index contributed by atoms with van der Waals surface area (Å²) in [5.41, 5.74) is 2.39. The summed E-state index contributed by atoms with van der Waals surface area (Å²) in [6, 6.07) is 17.2. The fourth-order valence-electron chi connectivity index (χ4n) is 2.36. The number of aromatic nitrogens is 2. The third-order valence-corrected chi connectivity index (χ3v) is 4.23. The summed E-state index contributed by atoms with van der Waals surface area (Å²) in [6.45, 7) is 1.55. The molecule has 0 atom stereocenters. The summed E-state index contributed by atoms with van der Waals surface area (Å²) in [7, 11) is 1.88. The van der Waals surface area contributed by atoms with E-state index in [-0.39, 0.29) is 5.78 Å². The van der Waals surface area contributed by atoms with Crippen molar-refractivity contribution in [3.63, 3.8) is 0 Å². The van der Waals surface area contributed by atoms with Crippen LogP contribution in [0, 0.1) is 0 Å². The maximum Gasteiger partial charge on any atom is 0.159 e. The van der Waals surface area contributed by atoms with Gasteiger partial charge < -0.3 is 10.6 Å². The molecule has 3 N–H and O–H groups in total.